The third kappa shape index (κ3) is 5.24. The molecule has 8 heteroatoms. The van der Waals surface area contributed by atoms with Gasteiger partial charge < -0.3 is 5.32 Å². The number of amides is 1. The molecule has 1 aromatic carbocycles. The Morgan fingerprint density at radius 2 is 1.81 bits per heavy atom. The number of carbonyl (C=O) groups is 2. The molecule has 1 aromatic heterocycles. The van der Waals surface area contributed by atoms with Gasteiger partial charge in [0.25, 0.3) is 0 Å². The number of sulfonamides is 1. The average Bonchev–Trinajstić information content (AvgIpc) is 3.17. The molecular formula is C19H24N2O4S2. The van der Waals surface area contributed by atoms with Crippen molar-refractivity contribution in [2.75, 3.05) is 18.4 Å². The van der Waals surface area contributed by atoms with Gasteiger partial charge in [-0.3, -0.25) is 9.59 Å². The van der Waals surface area contributed by atoms with Crippen LogP contribution in [0.3, 0.4) is 0 Å². The molecule has 0 spiro atoms. The van der Waals surface area contributed by atoms with Gasteiger partial charge in [0, 0.05) is 31.6 Å². The summed E-state index contributed by atoms with van der Waals surface area (Å²) in [5, 5.41) is 4.55. The number of hydrogen-bond acceptors (Lipinski definition) is 5. The van der Waals surface area contributed by atoms with Crippen LogP contribution in [0.25, 0.3) is 0 Å². The van der Waals surface area contributed by atoms with Crippen LogP contribution in [0.5, 0.6) is 0 Å². The summed E-state index contributed by atoms with van der Waals surface area (Å²) in [5.41, 5.74) is 1.20. The molecule has 0 aliphatic heterocycles. The van der Waals surface area contributed by atoms with Gasteiger partial charge in [-0.25, -0.2) is 8.42 Å². The molecule has 0 bridgehead atoms. The highest BCUT2D eigenvalue weighted by Gasteiger charge is 2.22. The largest absolute Gasteiger partial charge is 0.326 e. The maximum Gasteiger partial charge on any atom is 0.243 e. The van der Waals surface area contributed by atoms with E-state index in [0.29, 0.717) is 23.7 Å². The number of carbonyl (C=O) groups excluding carboxylic acids is 2. The van der Waals surface area contributed by atoms with Crippen molar-refractivity contribution < 1.29 is 18.0 Å². The van der Waals surface area contributed by atoms with Crippen LogP contribution in [0.2, 0.25) is 0 Å². The van der Waals surface area contributed by atoms with Crippen molar-refractivity contribution in [1.29, 1.82) is 0 Å². The van der Waals surface area contributed by atoms with Crippen molar-refractivity contribution in [2.24, 2.45) is 0 Å². The van der Waals surface area contributed by atoms with E-state index in [-0.39, 0.29) is 29.4 Å². The van der Waals surface area contributed by atoms with Gasteiger partial charge in [-0.05, 0) is 36.1 Å². The second-order valence-corrected chi connectivity index (χ2v) is 8.90. The van der Waals surface area contributed by atoms with E-state index in [4.69, 9.17) is 0 Å². The molecule has 2 aromatic rings. The molecule has 0 aliphatic carbocycles. The van der Waals surface area contributed by atoms with Gasteiger partial charge in [-0.2, -0.15) is 4.31 Å². The number of nitrogens with zero attached hydrogens (tertiary/aromatic N) is 1. The molecule has 1 amide bonds. The first-order valence-corrected chi connectivity index (χ1v) is 11.1. The van der Waals surface area contributed by atoms with E-state index in [2.05, 4.69) is 5.32 Å². The number of benzene rings is 1. The molecule has 1 N–H and O–H groups in total. The highest BCUT2D eigenvalue weighted by atomic mass is 32.2. The van der Waals surface area contributed by atoms with Crippen molar-refractivity contribution in [3.8, 4) is 0 Å². The minimum Gasteiger partial charge on any atom is -0.326 e. The quantitative estimate of drug-likeness (QED) is 0.642. The summed E-state index contributed by atoms with van der Waals surface area (Å²) in [6.07, 6.45) is 0.159. The second kappa shape index (κ2) is 9.25. The Balaban J connectivity index is 2.10. The van der Waals surface area contributed by atoms with Crippen LogP contribution >= 0.6 is 11.3 Å². The van der Waals surface area contributed by atoms with Crippen molar-refractivity contribution >= 4 is 38.7 Å². The van der Waals surface area contributed by atoms with E-state index in [1.807, 2.05) is 5.38 Å². The Labute approximate surface area is 164 Å². The van der Waals surface area contributed by atoms with E-state index in [1.54, 1.807) is 45.0 Å². The van der Waals surface area contributed by atoms with Crippen LogP contribution in [0, 0.1) is 6.92 Å². The number of thiophene rings is 1. The van der Waals surface area contributed by atoms with Crippen LogP contribution in [-0.2, 0) is 14.8 Å². The fourth-order valence-electron chi connectivity index (χ4n) is 2.61. The van der Waals surface area contributed by atoms with E-state index in [9.17, 15) is 18.0 Å². The zero-order valence-electron chi connectivity index (χ0n) is 15.7. The lowest BCUT2D eigenvalue weighted by molar-refractivity contribution is -0.116. The molecule has 0 atom stereocenters. The van der Waals surface area contributed by atoms with Gasteiger partial charge in [-0.1, -0.05) is 26.0 Å². The van der Waals surface area contributed by atoms with Gasteiger partial charge >= 0.3 is 0 Å². The van der Waals surface area contributed by atoms with Crippen LogP contribution in [0.4, 0.5) is 5.69 Å². The molecule has 1 heterocycles. The van der Waals surface area contributed by atoms with Crippen molar-refractivity contribution in [1.82, 2.24) is 4.31 Å². The SMILES string of the molecule is CCN(CC)S(=O)(=O)c1ccc(C)c(NC(=O)CCC(=O)c2cccs2)c1. The van der Waals surface area contributed by atoms with Crippen LogP contribution in [0.1, 0.15) is 41.9 Å². The summed E-state index contributed by atoms with van der Waals surface area (Å²) >= 11 is 1.35. The summed E-state index contributed by atoms with van der Waals surface area (Å²) in [7, 11) is -3.60. The Hall–Kier alpha value is -2.03. The predicted octanol–water partition coefficient (Wildman–Crippen LogP) is 3.69. The van der Waals surface area contributed by atoms with Crippen molar-refractivity contribution in [3.63, 3.8) is 0 Å². The van der Waals surface area contributed by atoms with Gasteiger partial charge in [0.15, 0.2) is 5.78 Å². The maximum atomic E-state index is 12.7. The lowest BCUT2D eigenvalue weighted by atomic mass is 10.1. The highest BCUT2D eigenvalue weighted by Crippen LogP contribution is 2.23. The minimum atomic E-state index is -3.60. The van der Waals surface area contributed by atoms with E-state index >= 15 is 0 Å². The molecule has 0 saturated carbocycles. The molecule has 2 rings (SSSR count). The molecular weight excluding hydrogens is 384 g/mol. The Kier molecular flexibility index (Phi) is 7.29. The van der Waals surface area contributed by atoms with Crippen LogP contribution < -0.4 is 5.32 Å². The maximum absolute atomic E-state index is 12.7. The number of rotatable bonds is 9. The van der Waals surface area contributed by atoms with E-state index < -0.39 is 10.0 Å². The number of anilines is 1. The van der Waals surface area contributed by atoms with Crippen LogP contribution in [0.15, 0.2) is 40.6 Å². The summed E-state index contributed by atoms with van der Waals surface area (Å²) in [5.74, 6) is -0.393. The first-order chi connectivity index (χ1) is 12.8. The predicted molar refractivity (Wildman–Crippen MR) is 108 cm³/mol. The van der Waals surface area contributed by atoms with Crippen LogP contribution in [-0.4, -0.2) is 37.5 Å². The lowest BCUT2D eigenvalue weighted by Gasteiger charge is -2.19. The topological polar surface area (TPSA) is 83.6 Å². The fraction of sp³-hybridized carbons (Fsp3) is 0.368. The molecule has 0 saturated heterocycles. The Bertz CT molecular complexity index is 902. The van der Waals surface area contributed by atoms with Gasteiger partial charge in [0.1, 0.15) is 0 Å². The number of hydrogen-bond donors (Lipinski definition) is 1. The molecule has 0 radical (unpaired) electrons. The molecule has 146 valence electrons. The average molecular weight is 409 g/mol. The van der Waals surface area contributed by atoms with E-state index in [0.717, 1.165) is 5.56 Å². The Morgan fingerprint density at radius 1 is 1.11 bits per heavy atom. The lowest BCUT2D eigenvalue weighted by Crippen LogP contribution is -2.30. The number of aryl methyl sites for hydroxylation is 1. The number of Topliss-reactive ketones (excluding diaryl/α,β-unsaturated/α-hetero) is 1. The highest BCUT2D eigenvalue weighted by molar-refractivity contribution is 7.89. The first kappa shape index (κ1) is 21.3. The summed E-state index contributed by atoms with van der Waals surface area (Å²) < 4.78 is 26.7. The zero-order valence-corrected chi connectivity index (χ0v) is 17.3. The summed E-state index contributed by atoms with van der Waals surface area (Å²) in [6, 6.07) is 8.21. The summed E-state index contributed by atoms with van der Waals surface area (Å²) in [4.78, 5) is 25.0. The van der Waals surface area contributed by atoms with Gasteiger partial charge in [0.05, 0.1) is 9.77 Å². The van der Waals surface area contributed by atoms with E-state index in [1.165, 1.54) is 21.7 Å². The minimum absolute atomic E-state index is 0.0448. The molecule has 0 unspecified atom stereocenters. The zero-order chi connectivity index (χ0) is 20.0. The first-order valence-electron chi connectivity index (χ1n) is 8.77. The van der Waals surface area contributed by atoms with Gasteiger partial charge in [0.2, 0.25) is 15.9 Å². The standard InChI is InChI=1S/C19H24N2O4S2/c1-4-21(5-2)27(24,25)15-9-8-14(3)16(13-15)20-19(23)11-10-17(22)18-7-6-12-26-18/h6-9,12-13H,4-5,10-11H2,1-3H3,(H,20,23). The second-order valence-electron chi connectivity index (χ2n) is 6.01. The monoisotopic (exact) mass is 408 g/mol. The summed E-state index contributed by atoms with van der Waals surface area (Å²) in [6.45, 7) is 6.10. The van der Waals surface area contributed by atoms with Crippen molar-refractivity contribution in [2.45, 2.75) is 38.5 Å². The smallest absolute Gasteiger partial charge is 0.243 e. The fourth-order valence-corrected chi connectivity index (χ4v) is 4.79. The third-order valence-electron chi connectivity index (χ3n) is 4.20. The van der Waals surface area contributed by atoms with Gasteiger partial charge in [-0.15, -0.1) is 11.3 Å². The Morgan fingerprint density at radius 3 is 2.41 bits per heavy atom. The van der Waals surface area contributed by atoms with Crippen molar-refractivity contribution in [3.05, 3.63) is 46.2 Å². The molecule has 6 nitrogen and oxygen atoms in total. The normalized spacial score (nSPS) is 11.6. The number of nitrogens with one attached hydrogen (secondary N) is 1. The third-order valence-corrected chi connectivity index (χ3v) is 7.16. The number of ketones is 1. The molecule has 0 fully saturated rings. The molecule has 0 aliphatic rings. The molecule has 27 heavy (non-hydrogen) atoms.